The summed E-state index contributed by atoms with van der Waals surface area (Å²) in [5.74, 6) is 0.191. The zero-order valence-electron chi connectivity index (χ0n) is 13.5. The number of aryl methyl sites for hydroxylation is 2. The maximum absolute atomic E-state index is 13.1. The van der Waals surface area contributed by atoms with E-state index in [-0.39, 0.29) is 18.6 Å². The fourth-order valence-electron chi connectivity index (χ4n) is 3.23. The van der Waals surface area contributed by atoms with Gasteiger partial charge in [-0.1, -0.05) is 13.0 Å². The predicted octanol–water partition coefficient (Wildman–Crippen LogP) is 2.31. The third kappa shape index (κ3) is 2.62. The van der Waals surface area contributed by atoms with Gasteiger partial charge in [-0.3, -0.25) is 0 Å². The van der Waals surface area contributed by atoms with Gasteiger partial charge in [0.25, 0.3) is 0 Å². The van der Waals surface area contributed by atoms with Gasteiger partial charge >= 0.3 is 0 Å². The monoisotopic (exact) mass is 311 g/mol. The second kappa shape index (κ2) is 5.71. The third-order valence-corrected chi connectivity index (χ3v) is 7.08. The summed E-state index contributed by atoms with van der Waals surface area (Å²) in [6.45, 7) is 9.97. The number of benzene rings is 1. The molecular weight excluding hydrogens is 286 g/mol. The van der Waals surface area contributed by atoms with E-state index in [0.29, 0.717) is 11.4 Å². The molecule has 1 fully saturated rings. The van der Waals surface area contributed by atoms with Crippen molar-refractivity contribution < 1.29 is 13.5 Å². The average molecular weight is 311 g/mol. The first-order chi connectivity index (χ1) is 9.71. The van der Waals surface area contributed by atoms with Crippen molar-refractivity contribution in [1.82, 2.24) is 4.31 Å². The molecular formula is C16H25NO3S. The van der Waals surface area contributed by atoms with Crippen LogP contribution in [0.3, 0.4) is 0 Å². The van der Waals surface area contributed by atoms with Crippen molar-refractivity contribution in [2.45, 2.75) is 52.0 Å². The molecule has 0 saturated carbocycles. The number of nitrogens with zero attached hydrogens (tertiary/aromatic N) is 1. The van der Waals surface area contributed by atoms with Gasteiger partial charge in [-0.25, -0.2) is 8.42 Å². The van der Waals surface area contributed by atoms with Crippen LogP contribution in [0.1, 0.15) is 35.6 Å². The lowest BCUT2D eigenvalue weighted by Gasteiger charge is -2.27. The van der Waals surface area contributed by atoms with Gasteiger partial charge < -0.3 is 5.11 Å². The van der Waals surface area contributed by atoms with Crippen LogP contribution in [0.25, 0.3) is 0 Å². The van der Waals surface area contributed by atoms with Crippen LogP contribution in [-0.2, 0) is 10.0 Å². The van der Waals surface area contributed by atoms with Crippen molar-refractivity contribution in [3.63, 3.8) is 0 Å². The molecule has 1 aromatic carbocycles. The summed E-state index contributed by atoms with van der Waals surface area (Å²) in [5.41, 5.74) is 3.61. The topological polar surface area (TPSA) is 57.6 Å². The molecule has 5 heteroatoms. The van der Waals surface area contributed by atoms with Crippen LogP contribution in [0.2, 0.25) is 0 Å². The van der Waals surface area contributed by atoms with Crippen molar-refractivity contribution in [2.75, 3.05) is 13.2 Å². The Bertz CT molecular complexity index is 626. The molecule has 1 saturated heterocycles. The summed E-state index contributed by atoms with van der Waals surface area (Å²) in [5, 5.41) is 9.56. The minimum atomic E-state index is -3.57. The van der Waals surface area contributed by atoms with Crippen molar-refractivity contribution in [2.24, 2.45) is 5.92 Å². The lowest BCUT2D eigenvalue weighted by molar-refractivity contribution is 0.191. The van der Waals surface area contributed by atoms with E-state index >= 15 is 0 Å². The normalized spacial score (nSPS) is 23.7. The Morgan fingerprint density at radius 1 is 1.19 bits per heavy atom. The molecule has 4 nitrogen and oxygen atoms in total. The average Bonchev–Trinajstić information content (AvgIpc) is 2.78. The zero-order valence-corrected chi connectivity index (χ0v) is 14.3. The smallest absolute Gasteiger partial charge is 0.243 e. The second-order valence-corrected chi connectivity index (χ2v) is 8.05. The van der Waals surface area contributed by atoms with Crippen molar-refractivity contribution in [3.05, 3.63) is 28.3 Å². The lowest BCUT2D eigenvalue weighted by atomic mass is 10.0. The first kappa shape index (κ1) is 16.5. The largest absolute Gasteiger partial charge is 0.395 e. The molecule has 0 spiro atoms. The molecule has 0 aliphatic carbocycles. The molecule has 1 aromatic rings. The van der Waals surface area contributed by atoms with E-state index in [0.717, 1.165) is 28.7 Å². The summed E-state index contributed by atoms with van der Waals surface area (Å²) < 4.78 is 27.7. The Kier molecular flexibility index (Phi) is 4.47. The molecule has 2 unspecified atom stereocenters. The maximum Gasteiger partial charge on any atom is 0.243 e. The molecule has 2 rings (SSSR count). The quantitative estimate of drug-likeness (QED) is 0.932. The first-order valence-corrected chi connectivity index (χ1v) is 8.86. The standard InChI is InChI=1S/C16H25NO3S/c1-10-6-7-17(15(10)9-18)21(19,20)16-13(4)11(2)8-12(3)14(16)5/h8,10,15,18H,6-7,9H2,1-5H3. The molecule has 1 N–H and O–H groups in total. The highest BCUT2D eigenvalue weighted by Gasteiger charge is 2.40. The van der Waals surface area contributed by atoms with Gasteiger partial charge in [0.1, 0.15) is 0 Å². The molecule has 0 bridgehead atoms. The molecule has 1 aliphatic rings. The SMILES string of the molecule is Cc1cc(C)c(C)c(S(=O)(=O)N2CCC(C)C2CO)c1C. The molecule has 0 aromatic heterocycles. The highest BCUT2D eigenvalue weighted by molar-refractivity contribution is 7.89. The van der Waals surface area contributed by atoms with Crippen LogP contribution >= 0.6 is 0 Å². The molecule has 118 valence electrons. The number of aliphatic hydroxyl groups excluding tert-OH is 1. The number of hydrogen-bond acceptors (Lipinski definition) is 3. The number of sulfonamides is 1. The molecule has 1 heterocycles. The summed E-state index contributed by atoms with van der Waals surface area (Å²) in [7, 11) is -3.57. The highest BCUT2D eigenvalue weighted by Crippen LogP contribution is 2.34. The van der Waals surface area contributed by atoms with E-state index in [2.05, 4.69) is 0 Å². The van der Waals surface area contributed by atoms with Crippen LogP contribution in [-0.4, -0.2) is 37.0 Å². The number of aliphatic hydroxyl groups is 1. The Balaban J connectivity index is 2.61. The van der Waals surface area contributed by atoms with Crippen LogP contribution in [0.4, 0.5) is 0 Å². The Morgan fingerprint density at radius 3 is 2.19 bits per heavy atom. The predicted molar refractivity (Wildman–Crippen MR) is 83.9 cm³/mol. The molecule has 0 radical (unpaired) electrons. The second-order valence-electron chi connectivity index (χ2n) is 6.22. The Labute approximate surface area is 127 Å². The summed E-state index contributed by atoms with van der Waals surface area (Å²) >= 11 is 0. The summed E-state index contributed by atoms with van der Waals surface area (Å²) in [6, 6.07) is 1.72. The molecule has 0 amide bonds. The van der Waals surface area contributed by atoms with E-state index in [1.54, 1.807) is 0 Å². The van der Waals surface area contributed by atoms with Crippen LogP contribution in [0.15, 0.2) is 11.0 Å². The fraction of sp³-hybridized carbons (Fsp3) is 0.625. The van der Waals surface area contributed by atoms with Crippen molar-refractivity contribution in [1.29, 1.82) is 0 Å². The Morgan fingerprint density at radius 2 is 1.71 bits per heavy atom. The minimum absolute atomic E-state index is 0.122. The molecule has 1 aliphatic heterocycles. The molecule has 21 heavy (non-hydrogen) atoms. The van der Waals surface area contributed by atoms with Gasteiger partial charge in [-0.15, -0.1) is 0 Å². The zero-order chi connectivity index (χ0) is 15.9. The van der Waals surface area contributed by atoms with E-state index in [1.807, 2.05) is 40.7 Å². The van der Waals surface area contributed by atoms with Crippen LogP contribution in [0, 0.1) is 33.6 Å². The summed E-state index contributed by atoms with van der Waals surface area (Å²) in [6.07, 6.45) is 0.799. The number of hydrogen-bond donors (Lipinski definition) is 1. The van der Waals surface area contributed by atoms with Gasteiger partial charge in [0.2, 0.25) is 10.0 Å². The maximum atomic E-state index is 13.1. The van der Waals surface area contributed by atoms with Gasteiger partial charge in [-0.2, -0.15) is 4.31 Å². The van der Waals surface area contributed by atoms with Crippen LogP contribution < -0.4 is 0 Å². The van der Waals surface area contributed by atoms with Gasteiger partial charge in [0, 0.05) is 6.54 Å². The van der Waals surface area contributed by atoms with E-state index in [4.69, 9.17) is 0 Å². The van der Waals surface area contributed by atoms with E-state index in [9.17, 15) is 13.5 Å². The highest BCUT2D eigenvalue weighted by atomic mass is 32.2. The van der Waals surface area contributed by atoms with Gasteiger partial charge in [0.05, 0.1) is 17.5 Å². The van der Waals surface area contributed by atoms with E-state index < -0.39 is 10.0 Å². The Hall–Kier alpha value is -0.910. The van der Waals surface area contributed by atoms with Gasteiger partial charge in [-0.05, 0) is 62.3 Å². The lowest BCUT2D eigenvalue weighted by Crippen LogP contribution is -2.40. The van der Waals surface area contributed by atoms with Crippen LogP contribution in [0.5, 0.6) is 0 Å². The van der Waals surface area contributed by atoms with E-state index in [1.165, 1.54) is 4.31 Å². The fourth-order valence-corrected chi connectivity index (χ4v) is 5.53. The van der Waals surface area contributed by atoms with Crippen molar-refractivity contribution >= 4 is 10.0 Å². The summed E-state index contributed by atoms with van der Waals surface area (Å²) in [4.78, 5) is 0.424. The van der Waals surface area contributed by atoms with Gasteiger partial charge in [0.15, 0.2) is 0 Å². The molecule has 2 atom stereocenters. The third-order valence-electron chi connectivity index (χ3n) is 4.88. The first-order valence-electron chi connectivity index (χ1n) is 7.42. The van der Waals surface area contributed by atoms with Crippen molar-refractivity contribution in [3.8, 4) is 0 Å². The minimum Gasteiger partial charge on any atom is -0.395 e. The number of rotatable bonds is 3.